The van der Waals surface area contributed by atoms with Crippen LogP contribution in [0.1, 0.15) is 0 Å². The highest BCUT2D eigenvalue weighted by Crippen LogP contribution is 2.42. The Balaban J connectivity index is 0.864. The summed E-state index contributed by atoms with van der Waals surface area (Å²) >= 11 is 0. The zero-order valence-corrected chi connectivity index (χ0v) is 52.6. The third-order valence-corrected chi connectivity index (χ3v) is 24.3. The highest BCUT2D eigenvalue weighted by molar-refractivity contribution is 7.20. The average Bonchev–Trinajstić information content (AvgIpc) is 1.32. The van der Waals surface area contributed by atoms with Crippen LogP contribution in [0.5, 0.6) is 0 Å². The van der Waals surface area contributed by atoms with Gasteiger partial charge in [0.05, 0.1) is 33.1 Å². The molecular formula is C90H61N3Si. The highest BCUT2D eigenvalue weighted by atomic mass is 28.3. The Morgan fingerprint density at radius 2 is 0.468 bits per heavy atom. The zero-order chi connectivity index (χ0) is 62.1. The van der Waals surface area contributed by atoms with Gasteiger partial charge >= 0.3 is 0 Å². The molecule has 0 aliphatic carbocycles. The molecule has 0 saturated carbocycles. The van der Waals surface area contributed by atoms with E-state index in [4.69, 9.17) is 0 Å². The molecule has 440 valence electrons. The fourth-order valence-electron chi connectivity index (χ4n) is 15.2. The van der Waals surface area contributed by atoms with Crippen LogP contribution >= 0.6 is 0 Å². The molecule has 0 spiro atoms. The molecule has 0 saturated heterocycles. The summed E-state index contributed by atoms with van der Waals surface area (Å²) in [6, 6.07) is 138. The topological polar surface area (TPSA) is 14.8 Å². The zero-order valence-electron chi connectivity index (χ0n) is 51.6. The summed E-state index contributed by atoms with van der Waals surface area (Å²) in [6.45, 7) is 0. The predicted molar refractivity (Wildman–Crippen MR) is 400 cm³/mol. The molecule has 3 heterocycles. The quantitative estimate of drug-likeness (QED) is 0.0855. The first-order chi connectivity index (χ1) is 46.6. The molecule has 4 heteroatoms. The van der Waals surface area contributed by atoms with Gasteiger partial charge in [0.15, 0.2) is 8.07 Å². The lowest BCUT2D eigenvalue weighted by Crippen LogP contribution is -2.74. The molecule has 0 aliphatic rings. The van der Waals surface area contributed by atoms with E-state index >= 15 is 0 Å². The molecule has 0 amide bonds. The molecule has 0 N–H and O–H groups in total. The summed E-state index contributed by atoms with van der Waals surface area (Å²) in [6.07, 6.45) is 0. The standard InChI is InChI=1S/C90H61N3Si/c1-6-24-62(25-7-1)67-32-22-36-77(56-67)94(75-34-14-5-15-35-75,78-37-23-33-68(57-78)63-26-8-2-9-27-63)76-49-44-66(45-50-76)71-54-73(92-85-41-19-16-38-79(85)80-39-17-20-42-86(80)92)60-74(55-71)93-87-43-21-18-40-81(87)82-51-48-72(61-90(82)93)91-88-52-46-69(64-28-10-3-11-29-64)58-83(88)84-59-70(47-53-89(84)91)65-30-12-4-13-31-65/h1-61H. The van der Waals surface area contributed by atoms with Gasteiger partial charge in [-0.25, -0.2) is 0 Å². The second kappa shape index (κ2) is 22.7. The van der Waals surface area contributed by atoms with Crippen LogP contribution < -0.4 is 20.7 Å². The van der Waals surface area contributed by atoms with E-state index in [1.165, 1.54) is 97.6 Å². The lowest BCUT2D eigenvalue weighted by molar-refractivity contribution is 1.13. The summed E-state index contributed by atoms with van der Waals surface area (Å²) < 4.78 is 7.47. The SMILES string of the molecule is c1ccc(-c2cccc([Si](c3ccccc3)(c3ccc(-c4cc(-n5c6ccccc6c6ccccc65)cc(-n5c6ccccc6c6ccc(-n7c8ccc(-c9ccccc9)cc8c8cc(-c9ccccc9)ccc87)cc65)c4)cc3)c3cccc(-c4ccccc4)c3)c2)cc1. The third kappa shape index (κ3) is 9.10. The number of hydrogen-bond acceptors (Lipinski definition) is 0. The first-order valence-corrected chi connectivity index (χ1v) is 34.5. The maximum Gasteiger partial charge on any atom is 0.179 e. The van der Waals surface area contributed by atoms with E-state index in [1.54, 1.807) is 0 Å². The van der Waals surface area contributed by atoms with Crippen molar-refractivity contribution in [3.8, 4) is 72.7 Å². The molecule has 3 nitrogen and oxygen atoms in total. The van der Waals surface area contributed by atoms with E-state index in [-0.39, 0.29) is 0 Å². The number of para-hydroxylation sites is 3. The maximum atomic E-state index is 2.52. The first-order valence-electron chi connectivity index (χ1n) is 32.5. The van der Waals surface area contributed by atoms with Gasteiger partial charge in [0.25, 0.3) is 0 Å². The number of hydrogen-bond donors (Lipinski definition) is 0. The minimum Gasteiger partial charge on any atom is -0.309 e. The minimum absolute atomic E-state index is 1.08. The molecule has 0 aliphatic heterocycles. The van der Waals surface area contributed by atoms with Crippen molar-refractivity contribution in [2.45, 2.75) is 0 Å². The van der Waals surface area contributed by atoms with E-state index in [2.05, 4.69) is 384 Å². The number of rotatable bonds is 12. The molecule has 94 heavy (non-hydrogen) atoms. The fourth-order valence-corrected chi connectivity index (χ4v) is 20.0. The number of benzene rings is 15. The van der Waals surface area contributed by atoms with E-state index in [0.717, 1.165) is 61.3 Å². The molecule has 18 rings (SSSR count). The van der Waals surface area contributed by atoms with Gasteiger partial charge in [0.2, 0.25) is 0 Å². The van der Waals surface area contributed by atoms with Gasteiger partial charge in [-0.3, -0.25) is 0 Å². The Bertz CT molecular complexity index is 5650. The van der Waals surface area contributed by atoms with Gasteiger partial charge in [-0.05, 0) is 149 Å². The van der Waals surface area contributed by atoms with Crippen LogP contribution in [0.4, 0.5) is 0 Å². The second-order valence-electron chi connectivity index (χ2n) is 24.8. The summed E-state index contributed by atoms with van der Waals surface area (Å²) in [5.74, 6) is 0. The van der Waals surface area contributed by atoms with Gasteiger partial charge in [0, 0.05) is 49.4 Å². The number of fused-ring (bicyclic) bond motifs is 9. The minimum atomic E-state index is -3.09. The maximum absolute atomic E-state index is 3.09. The molecule has 15 aromatic carbocycles. The van der Waals surface area contributed by atoms with Crippen LogP contribution in [0, 0.1) is 0 Å². The van der Waals surface area contributed by atoms with Gasteiger partial charge < -0.3 is 13.7 Å². The van der Waals surface area contributed by atoms with Crippen molar-refractivity contribution in [1.82, 2.24) is 13.7 Å². The summed E-state index contributed by atoms with van der Waals surface area (Å²) in [4.78, 5) is 0. The molecule has 3 aromatic heterocycles. The molecular weight excluding hydrogens is 1150 g/mol. The molecule has 0 bridgehead atoms. The highest BCUT2D eigenvalue weighted by Gasteiger charge is 2.42. The smallest absolute Gasteiger partial charge is 0.179 e. The van der Waals surface area contributed by atoms with Gasteiger partial charge in [-0.2, -0.15) is 0 Å². The van der Waals surface area contributed by atoms with Crippen LogP contribution in [0.15, 0.2) is 370 Å². The first kappa shape index (κ1) is 54.8. The van der Waals surface area contributed by atoms with Crippen molar-refractivity contribution >= 4 is 94.2 Å². The summed E-state index contributed by atoms with van der Waals surface area (Å²) in [7, 11) is -3.09. The van der Waals surface area contributed by atoms with Gasteiger partial charge in [0.1, 0.15) is 0 Å². The third-order valence-electron chi connectivity index (χ3n) is 19.6. The summed E-state index contributed by atoms with van der Waals surface area (Å²) in [5.41, 5.74) is 22.1. The normalized spacial score (nSPS) is 11.8. The predicted octanol–water partition coefficient (Wildman–Crippen LogP) is 20.7. The van der Waals surface area contributed by atoms with E-state index in [9.17, 15) is 0 Å². The van der Waals surface area contributed by atoms with Gasteiger partial charge in [-0.1, -0.05) is 297 Å². The molecule has 0 radical (unpaired) electrons. The monoisotopic (exact) mass is 1210 g/mol. The molecule has 0 atom stereocenters. The van der Waals surface area contributed by atoms with Gasteiger partial charge in [-0.15, -0.1) is 0 Å². The van der Waals surface area contributed by atoms with Crippen molar-refractivity contribution in [2.75, 3.05) is 0 Å². The average molecular weight is 1210 g/mol. The number of aromatic nitrogens is 3. The van der Waals surface area contributed by atoms with Crippen molar-refractivity contribution in [1.29, 1.82) is 0 Å². The lowest BCUT2D eigenvalue weighted by Gasteiger charge is -2.35. The van der Waals surface area contributed by atoms with E-state index in [0.29, 0.717) is 0 Å². The fraction of sp³-hybridized carbons (Fsp3) is 0. The summed E-state index contributed by atoms with van der Waals surface area (Å²) in [5, 5.41) is 12.6. The Morgan fingerprint density at radius 3 is 0.926 bits per heavy atom. The van der Waals surface area contributed by atoms with Crippen LogP contribution in [-0.4, -0.2) is 21.8 Å². The van der Waals surface area contributed by atoms with Crippen molar-refractivity contribution in [2.24, 2.45) is 0 Å². The van der Waals surface area contributed by atoms with E-state index < -0.39 is 8.07 Å². The van der Waals surface area contributed by atoms with Crippen LogP contribution in [0.25, 0.3) is 138 Å². The Morgan fingerprint density at radius 1 is 0.149 bits per heavy atom. The van der Waals surface area contributed by atoms with Crippen molar-refractivity contribution in [3.63, 3.8) is 0 Å². The van der Waals surface area contributed by atoms with Crippen LogP contribution in [0.2, 0.25) is 0 Å². The van der Waals surface area contributed by atoms with Crippen molar-refractivity contribution in [3.05, 3.63) is 370 Å². The molecule has 0 unspecified atom stereocenters. The van der Waals surface area contributed by atoms with E-state index in [1.807, 2.05) is 0 Å². The van der Waals surface area contributed by atoms with Crippen molar-refractivity contribution < 1.29 is 0 Å². The Kier molecular flexibility index (Phi) is 13.2. The largest absolute Gasteiger partial charge is 0.309 e. The Hall–Kier alpha value is -12.1. The molecule has 0 fully saturated rings. The number of nitrogens with zero attached hydrogens (tertiary/aromatic N) is 3. The van der Waals surface area contributed by atoms with Crippen LogP contribution in [0.3, 0.4) is 0 Å². The lowest BCUT2D eigenvalue weighted by atomic mass is 10.0. The van der Waals surface area contributed by atoms with Crippen LogP contribution in [-0.2, 0) is 0 Å². The Labute approximate surface area is 547 Å². The molecule has 18 aromatic rings. The second-order valence-corrected chi connectivity index (χ2v) is 28.6.